The van der Waals surface area contributed by atoms with Gasteiger partial charge in [-0.25, -0.2) is 0 Å². The summed E-state index contributed by atoms with van der Waals surface area (Å²) in [6, 6.07) is 0. The largest absolute Gasteiger partial charge is 0.550 e. The summed E-state index contributed by atoms with van der Waals surface area (Å²) in [5.41, 5.74) is 0. The first-order chi connectivity index (χ1) is 2.81. The molecule has 0 unspecified atom stereocenters. The van der Waals surface area contributed by atoms with Crippen LogP contribution >= 0.6 is 0 Å². The van der Waals surface area contributed by atoms with Crippen LogP contribution in [0.5, 0.6) is 0 Å². The number of carbonyl (C=O) groups is 1. The van der Waals surface area contributed by atoms with E-state index < -0.39 is 5.97 Å². The zero-order valence-corrected chi connectivity index (χ0v) is 7.22. The van der Waals surface area contributed by atoms with Crippen molar-refractivity contribution in [1.29, 1.82) is 0 Å². The van der Waals surface area contributed by atoms with Crippen LogP contribution in [0.1, 0.15) is 0 Å². The average molecular weight is 218 g/mol. The number of hydrogen-bond donors (Lipinski definition) is 0. The van der Waals surface area contributed by atoms with E-state index >= 15 is 0 Å². The van der Waals surface area contributed by atoms with Crippen molar-refractivity contribution in [1.82, 2.24) is 0 Å². The molecular weight excluding hydrogens is 210 g/mol. The van der Waals surface area contributed by atoms with E-state index in [-0.39, 0.29) is 41.0 Å². The van der Waals surface area contributed by atoms with Crippen LogP contribution in [0.4, 0.5) is 0 Å². The van der Waals surface area contributed by atoms with Crippen molar-refractivity contribution in [3.63, 3.8) is 0 Å². The summed E-state index contributed by atoms with van der Waals surface area (Å²) in [6.45, 7) is 4.68. The Balaban J connectivity index is -0.0000000417. The molecule has 0 fully saturated rings. The van der Waals surface area contributed by atoms with Crippen LogP contribution < -0.4 is 0 Å². The van der Waals surface area contributed by atoms with E-state index in [2.05, 4.69) is 11.3 Å². The number of hydrogen-bond acceptors (Lipinski definition) is 2. The Hall–Kier alpha value is 0.223. The van der Waals surface area contributed by atoms with Gasteiger partial charge in [-0.2, -0.15) is 6.08 Å². The molecule has 0 aromatic carbocycles. The molecule has 0 N–H and O–H groups in total. The first-order valence-electron chi connectivity index (χ1n) is 1.44. The third-order valence-corrected chi connectivity index (χ3v) is 0.337. The maximum absolute atomic E-state index is 9.78. The van der Waals surface area contributed by atoms with Crippen molar-refractivity contribution >= 4 is 5.97 Å². The predicted octanol–water partition coefficient (Wildman–Crippen LogP) is 0.594. The summed E-state index contributed by atoms with van der Waals surface area (Å²) in [5, 5.41) is 0. The molecule has 0 aliphatic carbocycles. The van der Waals surface area contributed by atoms with Crippen molar-refractivity contribution < 1.29 is 43.1 Å². The second-order valence-corrected chi connectivity index (χ2v) is 0.690. The van der Waals surface area contributed by atoms with Crippen LogP contribution in [0.3, 0.4) is 0 Å². The van der Waals surface area contributed by atoms with Gasteiger partial charge in [0.1, 0.15) is 0 Å². The molecule has 0 saturated carbocycles. The number of carbonyl (C=O) groups excluding carboxylic acids is 1. The predicted molar refractivity (Wildman–Crippen MR) is 27.3 cm³/mol. The van der Waals surface area contributed by atoms with E-state index in [0.29, 0.717) is 0 Å². The van der Waals surface area contributed by atoms with Gasteiger partial charge in [-0.3, -0.25) is 6.58 Å². The van der Waals surface area contributed by atoms with E-state index in [4.69, 9.17) is 0 Å². The third kappa shape index (κ3) is 17.9. The fourth-order valence-corrected chi connectivity index (χ4v) is 0.0680. The summed E-state index contributed by atoms with van der Waals surface area (Å²) in [5.74, 6) is -0.505. The van der Waals surface area contributed by atoms with Crippen LogP contribution in [-0.2, 0) is 43.1 Å². The minimum absolute atomic E-state index is 0. The molecule has 0 aromatic rings. The number of methoxy groups -OCH3 is 1. The Morgan fingerprint density at radius 1 is 1.56 bits per heavy atom. The van der Waals surface area contributed by atoms with Gasteiger partial charge in [0.05, 0.1) is 7.11 Å². The first kappa shape index (κ1) is 22.9. The molecule has 0 amide bonds. The topological polar surface area (TPSA) is 26.3 Å². The van der Waals surface area contributed by atoms with Crippen LogP contribution in [0.15, 0.2) is 6.08 Å². The maximum Gasteiger partial charge on any atom is 0.167 e. The quantitative estimate of drug-likeness (QED) is 0.366. The van der Waals surface area contributed by atoms with Gasteiger partial charge < -0.3 is 17.0 Å². The zero-order valence-electron chi connectivity index (χ0n) is 5.14. The minimum Gasteiger partial charge on any atom is -0.550 e. The van der Waals surface area contributed by atoms with E-state index in [9.17, 15) is 4.79 Å². The third-order valence-electron chi connectivity index (χ3n) is 0.337. The van der Waals surface area contributed by atoms with Gasteiger partial charge in [0.15, 0.2) is 5.97 Å². The molecule has 0 saturated heterocycles. The minimum atomic E-state index is -0.505. The Kier molecular flexibility index (Phi) is 39.9. The smallest absolute Gasteiger partial charge is 0.167 e. The van der Waals surface area contributed by atoms with Crippen LogP contribution in [-0.4, -0.2) is 13.1 Å². The molecule has 0 aliphatic heterocycles. The number of esters is 1. The molecule has 0 heterocycles. The van der Waals surface area contributed by atoms with Gasteiger partial charge in [0.2, 0.25) is 0 Å². The molecule has 0 aromatic heterocycles. The second kappa shape index (κ2) is 15.7. The zero-order chi connectivity index (χ0) is 4.99. The molecule has 0 aliphatic rings. The molecule has 2 radical (unpaired) electrons. The molecule has 0 bridgehead atoms. The van der Waals surface area contributed by atoms with Crippen LogP contribution in [0.2, 0.25) is 0 Å². The molecule has 60 valence electrons. The summed E-state index contributed by atoms with van der Waals surface area (Å²) in [6.07, 6.45) is 0.861. The molecule has 0 rings (SSSR count). The van der Waals surface area contributed by atoms with Gasteiger partial charge in [0, 0.05) is 33.6 Å². The SMILES string of the molecule is [CH-]=CC(=O)OC.[CH3-].[Co].[Co]. The Morgan fingerprint density at radius 3 is 1.89 bits per heavy atom. The van der Waals surface area contributed by atoms with Crippen molar-refractivity contribution in [2.75, 3.05) is 7.11 Å². The Bertz CT molecular complexity index is 73.4. The van der Waals surface area contributed by atoms with E-state index in [0.717, 1.165) is 6.08 Å². The van der Waals surface area contributed by atoms with E-state index in [1.807, 2.05) is 0 Å². The van der Waals surface area contributed by atoms with Crippen molar-refractivity contribution in [2.45, 2.75) is 0 Å². The van der Waals surface area contributed by atoms with Gasteiger partial charge in [0.25, 0.3) is 0 Å². The molecule has 0 atom stereocenters. The Morgan fingerprint density at radius 2 is 1.89 bits per heavy atom. The van der Waals surface area contributed by atoms with E-state index in [1.165, 1.54) is 7.11 Å². The first-order valence-corrected chi connectivity index (χ1v) is 1.44. The standard InChI is InChI=1S/C4H5O2.CH3.2Co/c1-3-4(5)6-2;;;/h1,3H,2H3;1H3;;/q2*-1;;. The van der Waals surface area contributed by atoms with Gasteiger partial charge in [-0.15, -0.1) is 0 Å². The summed E-state index contributed by atoms with van der Waals surface area (Å²) < 4.78 is 4.08. The monoisotopic (exact) mass is 218 g/mol. The Labute approximate surface area is 76.4 Å². The molecule has 0 spiro atoms. The fourth-order valence-electron chi connectivity index (χ4n) is 0.0680. The van der Waals surface area contributed by atoms with Crippen molar-refractivity contribution in [3.8, 4) is 0 Å². The summed E-state index contributed by atoms with van der Waals surface area (Å²) in [4.78, 5) is 9.78. The average Bonchev–Trinajstić information content (AvgIpc) is 1.65. The summed E-state index contributed by atoms with van der Waals surface area (Å²) >= 11 is 0. The summed E-state index contributed by atoms with van der Waals surface area (Å²) in [7, 11) is 1.27. The van der Waals surface area contributed by atoms with Gasteiger partial charge in [-0.05, 0) is 0 Å². The second-order valence-electron chi connectivity index (χ2n) is 0.690. The van der Waals surface area contributed by atoms with Gasteiger partial charge >= 0.3 is 0 Å². The molecular formula is C5H8Co2O2-2. The number of rotatable bonds is 1. The van der Waals surface area contributed by atoms with Crippen LogP contribution in [0, 0.1) is 14.0 Å². The van der Waals surface area contributed by atoms with Crippen molar-refractivity contribution in [2.24, 2.45) is 0 Å². The molecule has 4 heteroatoms. The molecule has 2 nitrogen and oxygen atoms in total. The molecule has 9 heavy (non-hydrogen) atoms. The van der Waals surface area contributed by atoms with Gasteiger partial charge in [-0.1, -0.05) is 0 Å². The van der Waals surface area contributed by atoms with Crippen LogP contribution in [0.25, 0.3) is 0 Å². The van der Waals surface area contributed by atoms with E-state index in [1.54, 1.807) is 0 Å². The fraction of sp³-hybridized carbons (Fsp3) is 0.200. The number of ether oxygens (including phenoxy) is 1. The van der Waals surface area contributed by atoms with Crippen molar-refractivity contribution in [3.05, 3.63) is 20.1 Å². The normalized spacial score (nSPS) is 4.56. The maximum atomic E-state index is 9.78.